The summed E-state index contributed by atoms with van der Waals surface area (Å²) in [6, 6.07) is 0. The standard InChI is InChI=1S/C9H15NO2S3/c1-3-4-10-8(13)14-7-5-15(11,12)6-9(7,10)2/h7H,3-6H2,1-2H3. The highest BCUT2D eigenvalue weighted by Gasteiger charge is 2.56. The quantitative estimate of drug-likeness (QED) is 0.703. The van der Waals surface area contributed by atoms with Gasteiger partial charge in [0.2, 0.25) is 0 Å². The Morgan fingerprint density at radius 1 is 1.67 bits per heavy atom. The van der Waals surface area contributed by atoms with Gasteiger partial charge in [-0.1, -0.05) is 30.9 Å². The number of fused-ring (bicyclic) bond motifs is 1. The van der Waals surface area contributed by atoms with Crippen LogP contribution in [0, 0.1) is 0 Å². The molecule has 0 amide bonds. The molecule has 86 valence electrons. The van der Waals surface area contributed by atoms with E-state index in [-0.39, 0.29) is 22.3 Å². The molecule has 2 aliphatic rings. The zero-order valence-electron chi connectivity index (χ0n) is 8.89. The van der Waals surface area contributed by atoms with E-state index in [1.807, 2.05) is 6.92 Å². The summed E-state index contributed by atoms with van der Waals surface area (Å²) in [6.07, 6.45) is 1.00. The maximum absolute atomic E-state index is 11.6. The second-order valence-corrected chi connectivity index (χ2v) is 8.38. The summed E-state index contributed by atoms with van der Waals surface area (Å²) in [5, 5.41) is 0.140. The van der Waals surface area contributed by atoms with Gasteiger partial charge in [0.05, 0.1) is 17.0 Å². The number of hydrogen-bond donors (Lipinski definition) is 0. The van der Waals surface area contributed by atoms with E-state index < -0.39 is 9.84 Å². The first kappa shape index (κ1) is 11.7. The van der Waals surface area contributed by atoms with Crippen LogP contribution in [0.2, 0.25) is 0 Å². The molecular formula is C9H15NO2S3. The van der Waals surface area contributed by atoms with Crippen LogP contribution >= 0.6 is 24.0 Å². The lowest BCUT2D eigenvalue weighted by Crippen LogP contribution is -2.49. The van der Waals surface area contributed by atoms with Crippen molar-refractivity contribution in [2.75, 3.05) is 18.1 Å². The van der Waals surface area contributed by atoms with Crippen molar-refractivity contribution in [3.05, 3.63) is 0 Å². The smallest absolute Gasteiger partial charge is 0.153 e. The van der Waals surface area contributed by atoms with E-state index in [1.54, 1.807) is 11.8 Å². The van der Waals surface area contributed by atoms with E-state index in [4.69, 9.17) is 12.2 Å². The second-order valence-electron chi connectivity index (χ2n) is 4.44. The fourth-order valence-electron chi connectivity index (χ4n) is 2.38. The van der Waals surface area contributed by atoms with Crippen LogP contribution in [0.3, 0.4) is 0 Å². The van der Waals surface area contributed by atoms with Crippen molar-refractivity contribution in [2.24, 2.45) is 0 Å². The summed E-state index contributed by atoms with van der Waals surface area (Å²) in [6.45, 7) is 4.99. The molecule has 0 radical (unpaired) electrons. The third-order valence-corrected chi connectivity index (χ3v) is 7.10. The maximum atomic E-state index is 11.6. The monoisotopic (exact) mass is 265 g/mol. The summed E-state index contributed by atoms with van der Waals surface area (Å²) in [7, 11) is -2.86. The van der Waals surface area contributed by atoms with Gasteiger partial charge in [0.25, 0.3) is 0 Å². The molecule has 2 rings (SSSR count). The number of rotatable bonds is 2. The van der Waals surface area contributed by atoms with E-state index in [2.05, 4.69) is 11.8 Å². The Kier molecular flexibility index (Phi) is 2.80. The highest BCUT2D eigenvalue weighted by Crippen LogP contribution is 2.45. The molecule has 3 nitrogen and oxygen atoms in total. The lowest BCUT2D eigenvalue weighted by molar-refractivity contribution is 0.246. The topological polar surface area (TPSA) is 37.4 Å². The first-order valence-electron chi connectivity index (χ1n) is 5.08. The van der Waals surface area contributed by atoms with Gasteiger partial charge in [0, 0.05) is 11.8 Å². The van der Waals surface area contributed by atoms with Crippen molar-refractivity contribution in [2.45, 2.75) is 31.1 Å². The van der Waals surface area contributed by atoms with Crippen molar-refractivity contribution in [1.29, 1.82) is 0 Å². The minimum Gasteiger partial charge on any atom is -0.350 e. The van der Waals surface area contributed by atoms with Crippen LogP contribution in [0.25, 0.3) is 0 Å². The molecule has 2 heterocycles. The highest BCUT2D eigenvalue weighted by atomic mass is 32.2. The van der Waals surface area contributed by atoms with Gasteiger partial charge in [0.1, 0.15) is 4.32 Å². The molecule has 0 bridgehead atoms. The maximum Gasteiger partial charge on any atom is 0.153 e. The van der Waals surface area contributed by atoms with Gasteiger partial charge in [-0.25, -0.2) is 8.42 Å². The third kappa shape index (κ3) is 1.80. The third-order valence-electron chi connectivity index (χ3n) is 3.14. The summed E-state index contributed by atoms with van der Waals surface area (Å²) in [4.78, 5) is 2.11. The minimum atomic E-state index is -2.86. The minimum absolute atomic E-state index is 0.140. The van der Waals surface area contributed by atoms with Crippen LogP contribution in [-0.2, 0) is 9.84 Å². The molecule has 0 N–H and O–H groups in total. The lowest BCUT2D eigenvalue weighted by Gasteiger charge is -2.34. The number of hydrogen-bond acceptors (Lipinski definition) is 4. The molecule has 0 saturated carbocycles. The Bertz CT molecular complexity index is 392. The Morgan fingerprint density at radius 3 is 2.93 bits per heavy atom. The Labute approximate surface area is 101 Å². The Hall–Kier alpha value is 0.190. The van der Waals surface area contributed by atoms with Crippen LogP contribution in [-0.4, -0.2) is 46.5 Å². The molecule has 2 saturated heterocycles. The average molecular weight is 265 g/mol. The molecule has 0 spiro atoms. The van der Waals surface area contributed by atoms with Crippen LogP contribution in [0.1, 0.15) is 20.3 Å². The highest BCUT2D eigenvalue weighted by molar-refractivity contribution is 8.24. The molecule has 0 aromatic rings. The summed E-state index contributed by atoms with van der Waals surface area (Å²) in [5.41, 5.74) is -0.253. The van der Waals surface area contributed by atoms with Crippen molar-refractivity contribution >= 4 is 38.1 Å². The SMILES string of the molecule is CCCN1C(=S)SC2CS(=O)(=O)CC21C. The normalized spacial score (nSPS) is 38.4. The molecule has 0 aliphatic carbocycles. The predicted molar refractivity (Wildman–Crippen MR) is 68.0 cm³/mol. The van der Waals surface area contributed by atoms with Gasteiger partial charge in [0.15, 0.2) is 9.84 Å². The van der Waals surface area contributed by atoms with Gasteiger partial charge in [-0.3, -0.25) is 0 Å². The van der Waals surface area contributed by atoms with Crippen LogP contribution in [0.4, 0.5) is 0 Å². The summed E-state index contributed by atoms with van der Waals surface area (Å²) >= 11 is 6.86. The summed E-state index contributed by atoms with van der Waals surface area (Å²) < 4.78 is 24.1. The van der Waals surface area contributed by atoms with E-state index in [0.29, 0.717) is 0 Å². The van der Waals surface area contributed by atoms with Crippen molar-refractivity contribution in [3.63, 3.8) is 0 Å². The van der Waals surface area contributed by atoms with Crippen LogP contribution in [0.15, 0.2) is 0 Å². The largest absolute Gasteiger partial charge is 0.350 e. The molecule has 2 atom stereocenters. The van der Waals surface area contributed by atoms with Gasteiger partial charge >= 0.3 is 0 Å². The molecule has 0 aromatic carbocycles. The first-order valence-corrected chi connectivity index (χ1v) is 8.18. The van der Waals surface area contributed by atoms with E-state index in [1.165, 1.54) is 0 Å². The molecule has 2 unspecified atom stereocenters. The zero-order valence-corrected chi connectivity index (χ0v) is 11.3. The average Bonchev–Trinajstić information content (AvgIpc) is 2.42. The van der Waals surface area contributed by atoms with Gasteiger partial charge in [-0.05, 0) is 13.3 Å². The number of sulfone groups is 1. The molecule has 6 heteroatoms. The number of thioether (sulfide) groups is 1. The van der Waals surface area contributed by atoms with Crippen molar-refractivity contribution in [3.8, 4) is 0 Å². The molecule has 0 aromatic heterocycles. The van der Waals surface area contributed by atoms with E-state index in [9.17, 15) is 8.42 Å². The molecule has 15 heavy (non-hydrogen) atoms. The zero-order chi connectivity index (χ0) is 11.3. The van der Waals surface area contributed by atoms with Crippen molar-refractivity contribution < 1.29 is 8.42 Å². The predicted octanol–water partition coefficient (Wildman–Crippen LogP) is 1.29. The van der Waals surface area contributed by atoms with E-state index in [0.717, 1.165) is 17.3 Å². The molecule has 2 fully saturated rings. The van der Waals surface area contributed by atoms with Crippen LogP contribution in [0.5, 0.6) is 0 Å². The van der Waals surface area contributed by atoms with Gasteiger partial charge in [-0.2, -0.15) is 0 Å². The lowest BCUT2D eigenvalue weighted by atomic mass is 9.99. The molecule has 2 aliphatic heterocycles. The number of thiocarbonyl (C=S) groups is 1. The fourth-order valence-corrected chi connectivity index (χ4v) is 7.35. The van der Waals surface area contributed by atoms with Gasteiger partial charge < -0.3 is 4.90 Å². The van der Waals surface area contributed by atoms with Gasteiger partial charge in [-0.15, -0.1) is 0 Å². The fraction of sp³-hybridized carbons (Fsp3) is 0.889. The number of nitrogens with zero attached hydrogens (tertiary/aromatic N) is 1. The second kappa shape index (κ2) is 3.60. The summed E-state index contributed by atoms with van der Waals surface area (Å²) in [5.74, 6) is 0.548. The van der Waals surface area contributed by atoms with Crippen molar-refractivity contribution in [1.82, 2.24) is 4.90 Å². The van der Waals surface area contributed by atoms with E-state index >= 15 is 0 Å². The first-order chi connectivity index (χ1) is 6.89. The Morgan fingerprint density at radius 2 is 2.33 bits per heavy atom. The van der Waals surface area contributed by atoms with Crippen LogP contribution < -0.4 is 0 Å². The Balaban J connectivity index is 2.31. The molecular weight excluding hydrogens is 250 g/mol.